The van der Waals surface area contributed by atoms with Gasteiger partial charge in [-0.2, -0.15) is 0 Å². The minimum atomic E-state index is -1.07. The largest absolute Gasteiger partial charge is 0.480 e. The second kappa shape index (κ2) is 8.20. The molecule has 4 N–H and O–H groups in total. The van der Waals surface area contributed by atoms with E-state index >= 15 is 0 Å². The molecule has 1 fully saturated rings. The Labute approximate surface area is 184 Å². The molecule has 0 radical (unpaired) electrons. The molecule has 32 heavy (non-hydrogen) atoms. The van der Waals surface area contributed by atoms with Gasteiger partial charge in [-0.25, -0.2) is 0 Å². The van der Waals surface area contributed by atoms with Crippen LogP contribution in [0.4, 0.5) is 0 Å². The minimum absolute atomic E-state index is 0.168. The number of aliphatic carboxylic acids is 1. The number of hydrogen-bond acceptors (Lipinski definition) is 6. The smallest absolute Gasteiger partial charge is 0.323 e. The fourth-order valence-corrected chi connectivity index (χ4v) is 4.26. The van der Waals surface area contributed by atoms with Gasteiger partial charge in [0.05, 0.1) is 16.9 Å². The van der Waals surface area contributed by atoms with Crippen LogP contribution in [0.2, 0.25) is 0 Å². The number of carbonyl (C=O) groups excluding carboxylic acids is 2. The quantitative estimate of drug-likeness (QED) is 0.350. The van der Waals surface area contributed by atoms with Gasteiger partial charge in [0.25, 0.3) is 0 Å². The molecule has 2 aromatic carbocycles. The van der Waals surface area contributed by atoms with Gasteiger partial charge in [-0.1, -0.05) is 30.3 Å². The first-order chi connectivity index (χ1) is 15.2. The molecule has 0 spiro atoms. The number of fused-ring (bicyclic) bond motifs is 1. The molecule has 166 valence electrons. The highest BCUT2D eigenvalue weighted by atomic mass is 16.5. The van der Waals surface area contributed by atoms with Crippen molar-refractivity contribution in [3.8, 4) is 5.75 Å². The van der Waals surface area contributed by atoms with Gasteiger partial charge in [0, 0.05) is 11.3 Å². The zero-order chi connectivity index (χ0) is 23.0. The van der Waals surface area contributed by atoms with Crippen LogP contribution in [0.5, 0.6) is 5.75 Å². The van der Waals surface area contributed by atoms with Crippen LogP contribution in [0.15, 0.2) is 53.5 Å². The molecule has 0 aliphatic carbocycles. The average molecular weight is 435 g/mol. The number of nitrogens with one attached hydrogen (secondary N) is 1. The minimum Gasteiger partial charge on any atom is -0.480 e. The van der Waals surface area contributed by atoms with Gasteiger partial charge in [-0.05, 0) is 50.0 Å². The highest BCUT2D eigenvalue weighted by Gasteiger charge is 2.39. The van der Waals surface area contributed by atoms with Crippen molar-refractivity contribution in [1.82, 2.24) is 5.32 Å². The van der Waals surface area contributed by atoms with E-state index in [4.69, 9.17) is 15.6 Å². The van der Waals surface area contributed by atoms with E-state index in [2.05, 4.69) is 10.3 Å². The van der Waals surface area contributed by atoms with Crippen LogP contribution in [-0.4, -0.2) is 34.5 Å². The zero-order valence-corrected chi connectivity index (χ0v) is 17.9. The van der Waals surface area contributed by atoms with Crippen molar-refractivity contribution in [2.24, 2.45) is 16.6 Å². The number of hydrogen-bond donors (Lipinski definition) is 3. The number of esters is 1. The average Bonchev–Trinajstić information content (AvgIpc) is 3.25. The number of nitrogens with two attached hydrogens (primary N) is 1. The van der Waals surface area contributed by atoms with Crippen molar-refractivity contribution >= 4 is 23.4 Å². The summed E-state index contributed by atoms with van der Waals surface area (Å²) in [7, 11) is 0. The summed E-state index contributed by atoms with van der Waals surface area (Å²) in [4.78, 5) is 40.9. The molecule has 1 amide bonds. The lowest BCUT2D eigenvalue weighted by atomic mass is 9.89. The fraction of sp³-hybridized carbons (Fsp3) is 0.333. The van der Waals surface area contributed by atoms with Crippen molar-refractivity contribution in [3.63, 3.8) is 0 Å². The van der Waals surface area contributed by atoms with Crippen molar-refractivity contribution in [1.29, 1.82) is 0 Å². The van der Waals surface area contributed by atoms with E-state index in [0.29, 0.717) is 11.8 Å². The predicted octanol–water partition coefficient (Wildman–Crippen LogP) is 0.834. The Morgan fingerprint density at radius 3 is 2.66 bits per heavy atom. The van der Waals surface area contributed by atoms with E-state index in [1.165, 1.54) is 0 Å². The second-order valence-electron chi connectivity index (χ2n) is 8.66. The van der Waals surface area contributed by atoms with E-state index in [9.17, 15) is 14.4 Å². The molecule has 2 aliphatic heterocycles. The molecule has 0 saturated carbocycles. The Morgan fingerprint density at radius 1 is 1.25 bits per heavy atom. The number of carbonyl (C=O) groups is 3. The molecule has 2 aromatic rings. The van der Waals surface area contributed by atoms with Gasteiger partial charge < -0.3 is 20.9 Å². The first-order valence-corrected chi connectivity index (χ1v) is 10.4. The molecular formula is C24H25N3O5. The summed E-state index contributed by atoms with van der Waals surface area (Å²) >= 11 is 0. The number of amides is 1. The monoisotopic (exact) mass is 435 g/mol. The standard InChI is InChI=1S/C24H25N3O5/c1-24(2)17(12-18(25)22(29)30)15-9-8-14(10-20(15)27-24)32-23(31)16-11-19(26-21(16)28)13-6-4-3-5-7-13/h3-10,16,18-19H,11-12,25H2,1-2H3,(H,26,28)(H,29,30)/t16?,18-,19?/m0/s1. The first kappa shape index (κ1) is 21.7. The topological polar surface area (TPSA) is 131 Å². The second-order valence-corrected chi connectivity index (χ2v) is 8.66. The van der Waals surface area contributed by atoms with E-state index in [0.717, 1.165) is 16.4 Å². The molecule has 2 unspecified atom stereocenters. The fourth-order valence-electron chi connectivity index (χ4n) is 4.26. The number of carboxylic acid groups (broad SMARTS) is 1. The molecule has 0 bridgehead atoms. The maximum Gasteiger partial charge on any atom is 0.323 e. The number of rotatable bonds is 6. The van der Waals surface area contributed by atoms with Crippen molar-refractivity contribution in [2.45, 2.75) is 44.3 Å². The maximum absolute atomic E-state index is 12.7. The van der Waals surface area contributed by atoms with Crippen molar-refractivity contribution in [3.05, 3.63) is 64.7 Å². The Morgan fingerprint density at radius 2 is 1.97 bits per heavy atom. The molecule has 8 heteroatoms. The Hall–Kier alpha value is -3.52. The van der Waals surface area contributed by atoms with E-state index in [-0.39, 0.29) is 24.1 Å². The first-order valence-electron chi connectivity index (χ1n) is 10.4. The molecule has 1 saturated heterocycles. The summed E-state index contributed by atoms with van der Waals surface area (Å²) in [6.45, 7) is 3.77. The van der Waals surface area contributed by atoms with Crippen LogP contribution in [-0.2, 0) is 14.4 Å². The lowest BCUT2D eigenvalue weighted by Crippen LogP contribution is -2.35. The summed E-state index contributed by atoms with van der Waals surface area (Å²) in [5.74, 6) is -2.65. The van der Waals surface area contributed by atoms with Crippen LogP contribution < -0.4 is 26.4 Å². The van der Waals surface area contributed by atoms with Crippen LogP contribution in [0.25, 0.3) is 5.57 Å². The molecule has 2 heterocycles. The Kier molecular flexibility index (Phi) is 5.56. The van der Waals surface area contributed by atoms with Crippen molar-refractivity contribution in [2.75, 3.05) is 0 Å². The Balaban J connectivity index is 1.53. The Bertz CT molecular complexity index is 1210. The highest BCUT2D eigenvalue weighted by Crippen LogP contribution is 2.30. The molecule has 3 atom stereocenters. The summed E-state index contributed by atoms with van der Waals surface area (Å²) < 4.78 is 5.51. The van der Waals surface area contributed by atoms with E-state index in [1.54, 1.807) is 18.2 Å². The van der Waals surface area contributed by atoms with Crippen LogP contribution in [0.1, 0.15) is 38.3 Å². The van der Waals surface area contributed by atoms with Gasteiger partial charge in [-0.3, -0.25) is 19.4 Å². The lowest BCUT2D eigenvalue weighted by Gasteiger charge is -2.21. The van der Waals surface area contributed by atoms with Crippen LogP contribution in [0, 0.1) is 5.92 Å². The lowest BCUT2D eigenvalue weighted by molar-refractivity contribution is -0.143. The number of nitrogens with zero attached hydrogens (tertiary/aromatic N) is 1. The third-order valence-electron chi connectivity index (χ3n) is 5.98. The molecule has 4 rings (SSSR count). The summed E-state index contributed by atoms with van der Waals surface area (Å²) in [5.41, 5.74) is 6.88. The van der Waals surface area contributed by atoms with Crippen LogP contribution in [0.3, 0.4) is 0 Å². The summed E-state index contributed by atoms with van der Waals surface area (Å²) in [6.07, 6.45) is 0.496. The van der Waals surface area contributed by atoms with Gasteiger partial charge in [0.1, 0.15) is 17.7 Å². The van der Waals surface area contributed by atoms with Crippen molar-refractivity contribution < 1.29 is 24.2 Å². The SMILES string of the molecule is CC1(C)N=c2cc(OC(=O)C3CC(c4ccccc4)NC3=O)ccc2=C1C[C@H](N)C(=O)O. The van der Waals surface area contributed by atoms with Gasteiger partial charge >= 0.3 is 11.9 Å². The van der Waals surface area contributed by atoms with E-state index in [1.807, 2.05) is 44.2 Å². The molecule has 8 nitrogen and oxygen atoms in total. The van der Waals surface area contributed by atoms with E-state index < -0.39 is 29.4 Å². The number of carboxylic acids is 1. The zero-order valence-electron chi connectivity index (χ0n) is 17.9. The summed E-state index contributed by atoms with van der Waals surface area (Å²) in [5, 5.41) is 13.4. The number of ether oxygens (including phenoxy) is 1. The van der Waals surface area contributed by atoms with Crippen LogP contribution >= 0.6 is 0 Å². The molecule has 2 aliphatic rings. The maximum atomic E-state index is 12.7. The number of benzene rings is 2. The third kappa shape index (κ3) is 4.13. The predicted molar refractivity (Wildman–Crippen MR) is 116 cm³/mol. The van der Waals surface area contributed by atoms with Gasteiger partial charge in [0.2, 0.25) is 5.91 Å². The van der Waals surface area contributed by atoms with Gasteiger partial charge in [-0.15, -0.1) is 0 Å². The van der Waals surface area contributed by atoms with Gasteiger partial charge in [0.15, 0.2) is 0 Å². The molecular weight excluding hydrogens is 410 g/mol. The third-order valence-corrected chi connectivity index (χ3v) is 5.98. The normalized spacial score (nSPS) is 22.0. The summed E-state index contributed by atoms with van der Waals surface area (Å²) in [6, 6.07) is 13.2. The highest BCUT2D eigenvalue weighted by molar-refractivity contribution is 6.00. The molecule has 0 aromatic heterocycles.